The van der Waals surface area contributed by atoms with Crippen molar-refractivity contribution in [1.29, 1.82) is 0 Å². The summed E-state index contributed by atoms with van der Waals surface area (Å²) in [7, 11) is 0. The van der Waals surface area contributed by atoms with Gasteiger partial charge in [-0.25, -0.2) is 0 Å². The van der Waals surface area contributed by atoms with Gasteiger partial charge in [0.25, 0.3) is 11.8 Å². The van der Waals surface area contributed by atoms with Gasteiger partial charge in [0.05, 0.1) is 0 Å². The van der Waals surface area contributed by atoms with Gasteiger partial charge < -0.3 is 25.1 Å². The third-order valence-corrected chi connectivity index (χ3v) is 6.08. The van der Waals surface area contributed by atoms with E-state index in [2.05, 4.69) is 31.5 Å². The second-order valence-corrected chi connectivity index (χ2v) is 8.94. The van der Waals surface area contributed by atoms with E-state index >= 15 is 0 Å². The Morgan fingerprint density at radius 1 is 1.03 bits per heavy atom. The van der Waals surface area contributed by atoms with Crippen LogP contribution >= 0.6 is 15.9 Å². The van der Waals surface area contributed by atoms with Crippen molar-refractivity contribution in [3.8, 4) is 5.75 Å². The van der Waals surface area contributed by atoms with Crippen LogP contribution in [-0.4, -0.2) is 33.0 Å². The minimum Gasteiger partial charge on any atom is -0.508 e. The lowest BCUT2D eigenvalue weighted by Crippen LogP contribution is -2.13. The number of furan rings is 1. The standard InChI is InChI=1S/C26H20BrN3O5/c27-8-7-14-1-3-19(32)13-21(14)30-25(33)22-11-15-9-17(2-5-20(15)29-22)28-26(34)24-12-16-10-18(31)4-6-23(16)35-24/h1-6,9,11-13,29,32H,7-8,10H2,(H,28,34)(H,30,33). The molecule has 2 heterocycles. The lowest BCUT2D eigenvalue weighted by Gasteiger charge is -2.10. The molecule has 2 aromatic heterocycles. The maximum Gasteiger partial charge on any atom is 0.291 e. The highest BCUT2D eigenvalue weighted by molar-refractivity contribution is 9.09. The Kier molecular flexibility index (Phi) is 6.00. The third kappa shape index (κ3) is 4.76. The van der Waals surface area contributed by atoms with Crippen LogP contribution in [0.3, 0.4) is 0 Å². The van der Waals surface area contributed by atoms with Crippen LogP contribution in [0.4, 0.5) is 11.4 Å². The topological polar surface area (TPSA) is 124 Å². The number of hydrogen-bond acceptors (Lipinski definition) is 5. The molecule has 1 aliphatic rings. The molecule has 5 rings (SSSR count). The van der Waals surface area contributed by atoms with E-state index in [1.165, 1.54) is 12.1 Å². The summed E-state index contributed by atoms with van der Waals surface area (Å²) in [6.45, 7) is 0. The minimum atomic E-state index is -0.434. The number of nitrogens with one attached hydrogen (secondary N) is 3. The number of aryl methyl sites for hydroxylation is 1. The predicted octanol–water partition coefficient (Wildman–Crippen LogP) is 5.05. The number of aromatic nitrogens is 1. The zero-order valence-corrected chi connectivity index (χ0v) is 19.9. The van der Waals surface area contributed by atoms with Crippen LogP contribution in [0.1, 0.15) is 37.9 Å². The van der Waals surface area contributed by atoms with Crippen LogP contribution in [0, 0.1) is 0 Å². The lowest BCUT2D eigenvalue weighted by molar-refractivity contribution is -0.114. The molecule has 0 saturated carbocycles. The van der Waals surface area contributed by atoms with E-state index in [0.717, 1.165) is 21.8 Å². The van der Waals surface area contributed by atoms with Crippen LogP contribution in [0.5, 0.6) is 5.75 Å². The van der Waals surface area contributed by atoms with Crippen LogP contribution in [0.25, 0.3) is 17.0 Å². The van der Waals surface area contributed by atoms with Gasteiger partial charge in [-0.3, -0.25) is 14.4 Å². The number of hydrogen-bond donors (Lipinski definition) is 4. The number of aromatic hydroxyl groups is 1. The maximum absolute atomic E-state index is 12.9. The molecule has 2 amide bonds. The van der Waals surface area contributed by atoms with Crippen molar-refractivity contribution < 1.29 is 23.9 Å². The highest BCUT2D eigenvalue weighted by Crippen LogP contribution is 2.26. The summed E-state index contributed by atoms with van der Waals surface area (Å²) < 4.78 is 5.57. The van der Waals surface area contributed by atoms with Crippen molar-refractivity contribution >= 4 is 61.9 Å². The van der Waals surface area contributed by atoms with Crippen molar-refractivity contribution in [3.63, 3.8) is 0 Å². The number of carbonyl (C=O) groups is 3. The van der Waals surface area contributed by atoms with E-state index in [1.807, 2.05) is 0 Å². The molecule has 0 spiro atoms. The minimum absolute atomic E-state index is 0.0357. The molecule has 8 nitrogen and oxygen atoms in total. The SMILES string of the molecule is O=C1C=Cc2oc(C(=O)Nc3ccc4[nH]c(C(=O)Nc5cc(O)ccc5CCBr)cc4c3)cc2C1. The molecule has 1 aliphatic carbocycles. The molecule has 2 aromatic carbocycles. The van der Waals surface area contributed by atoms with Crippen molar-refractivity contribution in [2.45, 2.75) is 12.8 Å². The van der Waals surface area contributed by atoms with E-state index in [1.54, 1.807) is 48.5 Å². The monoisotopic (exact) mass is 533 g/mol. The second-order valence-electron chi connectivity index (χ2n) is 8.15. The Morgan fingerprint density at radius 3 is 2.71 bits per heavy atom. The van der Waals surface area contributed by atoms with Crippen LogP contribution < -0.4 is 10.6 Å². The van der Waals surface area contributed by atoms with E-state index in [-0.39, 0.29) is 29.6 Å². The summed E-state index contributed by atoms with van der Waals surface area (Å²) in [5.74, 6) is -0.123. The van der Waals surface area contributed by atoms with Crippen molar-refractivity contribution in [2.75, 3.05) is 16.0 Å². The number of rotatable bonds is 6. The molecule has 0 unspecified atom stereocenters. The van der Waals surface area contributed by atoms with Gasteiger partial charge in [-0.15, -0.1) is 0 Å². The van der Waals surface area contributed by atoms with Gasteiger partial charge in [-0.05, 0) is 60.5 Å². The summed E-state index contributed by atoms with van der Waals surface area (Å²) >= 11 is 3.40. The normalized spacial score (nSPS) is 12.5. The van der Waals surface area contributed by atoms with Crippen LogP contribution in [-0.2, 0) is 17.6 Å². The van der Waals surface area contributed by atoms with Gasteiger partial charge in [-0.2, -0.15) is 0 Å². The van der Waals surface area contributed by atoms with Crippen LogP contribution in [0.15, 0.2) is 59.0 Å². The Labute approximate surface area is 208 Å². The van der Waals surface area contributed by atoms with Gasteiger partial charge in [0, 0.05) is 45.7 Å². The first kappa shape index (κ1) is 22.7. The van der Waals surface area contributed by atoms with Gasteiger partial charge in [0.15, 0.2) is 11.5 Å². The fourth-order valence-corrected chi connectivity index (χ4v) is 4.39. The highest BCUT2D eigenvalue weighted by Gasteiger charge is 2.20. The van der Waals surface area contributed by atoms with E-state index in [4.69, 9.17) is 4.42 Å². The molecule has 176 valence electrons. The molecular weight excluding hydrogens is 514 g/mol. The number of benzene rings is 2. The number of fused-ring (bicyclic) bond motifs is 2. The number of carbonyl (C=O) groups excluding carboxylic acids is 3. The molecular formula is C26H20BrN3O5. The Balaban J connectivity index is 1.33. The summed E-state index contributed by atoms with van der Waals surface area (Å²) in [6, 6.07) is 13.4. The number of phenols is 1. The molecule has 0 fully saturated rings. The van der Waals surface area contributed by atoms with Gasteiger partial charge in [0.2, 0.25) is 0 Å². The average molecular weight is 534 g/mol. The Morgan fingerprint density at radius 2 is 1.89 bits per heavy atom. The first-order chi connectivity index (χ1) is 16.9. The zero-order valence-electron chi connectivity index (χ0n) is 18.4. The molecule has 4 aromatic rings. The number of phenolic OH excluding ortho intramolecular Hbond substituents is 1. The van der Waals surface area contributed by atoms with E-state index in [9.17, 15) is 19.5 Å². The van der Waals surface area contributed by atoms with Gasteiger partial charge in [-0.1, -0.05) is 22.0 Å². The molecule has 0 radical (unpaired) electrons. The molecule has 0 aliphatic heterocycles. The molecule has 35 heavy (non-hydrogen) atoms. The molecule has 0 saturated heterocycles. The summed E-state index contributed by atoms with van der Waals surface area (Å²) in [4.78, 5) is 40.2. The molecule has 4 N–H and O–H groups in total. The number of halogens is 1. The second kappa shape index (κ2) is 9.27. The molecule has 0 bridgehead atoms. The predicted molar refractivity (Wildman–Crippen MR) is 136 cm³/mol. The lowest BCUT2D eigenvalue weighted by atomic mass is 10.0. The quantitative estimate of drug-likeness (QED) is 0.258. The fraction of sp³-hybridized carbons (Fsp3) is 0.115. The number of allylic oxidation sites excluding steroid dienone is 1. The number of aromatic amines is 1. The zero-order chi connectivity index (χ0) is 24.5. The number of anilines is 2. The summed E-state index contributed by atoms with van der Waals surface area (Å²) in [5.41, 5.74) is 3.72. The number of alkyl halides is 1. The smallest absolute Gasteiger partial charge is 0.291 e. The number of amides is 2. The third-order valence-electron chi connectivity index (χ3n) is 5.68. The van der Waals surface area contributed by atoms with Crippen LogP contribution in [0.2, 0.25) is 0 Å². The number of ketones is 1. The number of H-pyrrole nitrogens is 1. The largest absolute Gasteiger partial charge is 0.508 e. The van der Waals surface area contributed by atoms with Crippen molar-refractivity contribution in [2.24, 2.45) is 0 Å². The summed E-state index contributed by atoms with van der Waals surface area (Å²) in [5, 5.41) is 16.9. The first-order valence-electron chi connectivity index (χ1n) is 10.9. The van der Waals surface area contributed by atoms with Gasteiger partial charge in [0.1, 0.15) is 17.2 Å². The van der Waals surface area contributed by atoms with Crippen molar-refractivity contribution in [1.82, 2.24) is 4.98 Å². The molecule has 0 atom stereocenters. The van der Waals surface area contributed by atoms with Crippen molar-refractivity contribution in [3.05, 3.63) is 82.9 Å². The molecule has 9 heteroatoms. The fourth-order valence-electron chi connectivity index (χ4n) is 3.96. The first-order valence-corrected chi connectivity index (χ1v) is 12.0. The summed E-state index contributed by atoms with van der Waals surface area (Å²) in [6.07, 6.45) is 3.90. The van der Waals surface area contributed by atoms with Gasteiger partial charge >= 0.3 is 0 Å². The van der Waals surface area contributed by atoms with E-state index in [0.29, 0.717) is 34.8 Å². The van der Waals surface area contributed by atoms with E-state index < -0.39 is 5.91 Å². The Bertz CT molecular complexity index is 1510. The highest BCUT2D eigenvalue weighted by atomic mass is 79.9. The maximum atomic E-state index is 12.9. The Hall–Kier alpha value is -4.11. The average Bonchev–Trinajstić information content (AvgIpc) is 3.44.